The van der Waals surface area contributed by atoms with E-state index in [-0.39, 0.29) is 0 Å². The minimum atomic E-state index is 0.502. The SMILES string of the molecule is CCN(CC)CCOc1ccccc1Oc1ccc(N)c(N)c1. The van der Waals surface area contributed by atoms with Crippen LogP contribution >= 0.6 is 0 Å². The van der Waals surface area contributed by atoms with E-state index in [4.69, 9.17) is 20.9 Å². The van der Waals surface area contributed by atoms with E-state index < -0.39 is 0 Å². The van der Waals surface area contributed by atoms with Crippen molar-refractivity contribution in [2.75, 3.05) is 37.7 Å². The summed E-state index contributed by atoms with van der Waals surface area (Å²) < 4.78 is 11.8. The molecule has 0 aliphatic rings. The zero-order valence-corrected chi connectivity index (χ0v) is 13.8. The Morgan fingerprint density at radius 2 is 1.61 bits per heavy atom. The van der Waals surface area contributed by atoms with Gasteiger partial charge in [-0.3, -0.25) is 0 Å². The number of benzene rings is 2. The Balaban J connectivity index is 2.03. The second kappa shape index (κ2) is 8.29. The molecule has 0 saturated heterocycles. The van der Waals surface area contributed by atoms with Crippen LogP contribution < -0.4 is 20.9 Å². The molecule has 5 heteroatoms. The normalized spacial score (nSPS) is 10.7. The van der Waals surface area contributed by atoms with Crippen molar-refractivity contribution >= 4 is 11.4 Å². The molecule has 5 nitrogen and oxygen atoms in total. The van der Waals surface area contributed by atoms with Gasteiger partial charge in [0.2, 0.25) is 0 Å². The lowest BCUT2D eigenvalue weighted by Gasteiger charge is -2.19. The highest BCUT2D eigenvalue weighted by atomic mass is 16.5. The zero-order valence-electron chi connectivity index (χ0n) is 13.8. The number of ether oxygens (including phenoxy) is 2. The second-order valence-electron chi connectivity index (χ2n) is 5.21. The maximum atomic E-state index is 5.88. The van der Waals surface area contributed by atoms with E-state index in [0.717, 1.165) is 25.4 Å². The molecule has 0 unspecified atom stereocenters. The molecule has 0 spiro atoms. The van der Waals surface area contributed by atoms with E-state index in [1.165, 1.54) is 0 Å². The molecule has 0 atom stereocenters. The number of nitrogen functional groups attached to an aromatic ring is 2. The highest BCUT2D eigenvalue weighted by molar-refractivity contribution is 5.65. The summed E-state index contributed by atoms with van der Waals surface area (Å²) >= 11 is 0. The molecular formula is C18H25N3O2. The molecular weight excluding hydrogens is 290 g/mol. The van der Waals surface area contributed by atoms with Crippen LogP contribution in [0.4, 0.5) is 11.4 Å². The van der Waals surface area contributed by atoms with Crippen LogP contribution in [-0.2, 0) is 0 Å². The first kappa shape index (κ1) is 17.0. The summed E-state index contributed by atoms with van der Waals surface area (Å²) in [6.45, 7) is 7.83. The zero-order chi connectivity index (χ0) is 16.7. The third kappa shape index (κ3) is 4.79. The third-order valence-electron chi connectivity index (χ3n) is 3.69. The van der Waals surface area contributed by atoms with Crippen molar-refractivity contribution in [1.29, 1.82) is 0 Å². The Morgan fingerprint density at radius 1 is 0.913 bits per heavy atom. The average molecular weight is 315 g/mol. The van der Waals surface area contributed by atoms with Gasteiger partial charge in [-0.2, -0.15) is 0 Å². The molecule has 0 heterocycles. The number of likely N-dealkylation sites (N-methyl/N-ethyl adjacent to an activating group) is 1. The first-order valence-corrected chi connectivity index (χ1v) is 7.91. The van der Waals surface area contributed by atoms with Crippen molar-refractivity contribution in [3.63, 3.8) is 0 Å². The number of rotatable bonds is 8. The second-order valence-corrected chi connectivity index (χ2v) is 5.21. The predicted molar refractivity (Wildman–Crippen MR) is 95.1 cm³/mol. The van der Waals surface area contributed by atoms with Crippen molar-refractivity contribution in [3.05, 3.63) is 42.5 Å². The smallest absolute Gasteiger partial charge is 0.169 e. The van der Waals surface area contributed by atoms with Crippen LogP contribution in [0.1, 0.15) is 13.8 Å². The Hall–Kier alpha value is -2.40. The van der Waals surface area contributed by atoms with Gasteiger partial charge in [0.1, 0.15) is 12.4 Å². The summed E-state index contributed by atoms with van der Waals surface area (Å²) in [5.74, 6) is 2.02. The van der Waals surface area contributed by atoms with Crippen LogP contribution in [0.3, 0.4) is 0 Å². The highest BCUT2D eigenvalue weighted by Gasteiger charge is 2.07. The fraction of sp³-hybridized carbons (Fsp3) is 0.333. The summed E-state index contributed by atoms with van der Waals surface area (Å²) in [5.41, 5.74) is 12.6. The molecule has 0 saturated carbocycles. The maximum Gasteiger partial charge on any atom is 0.169 e. The molecule has 0 aliphatic carbocycles. The van der Waals surface area contributed by atoms with Crippen LogP contribution in [0.15, 0.2) is 42.5 Å². The van der Waals surface area contributed by atoms with Crippen molar-refractivity contribution in [2.24, 2.45) is 0 Å². The van der Waals surface area contributed by atoms with Crippen LogP contribution in [0.25, 0.3) is 0 Å². The van der Waals surface area contributed by atoms with Crippen molar-refractivity contribution in [1.82, 2.24) is 4.90 Å². The van der Waals surface area contributed by atoms with Gasteiger partial charge in [-0.15, -0.1) is 0 Å². The summed E-state index contributed by atoms with van der Waals surface area (Å²) in [6.07, 6.45) is 0. The average Bonchev–Trinajstić information content (AvgIpc) is 2.56. The molecule has 4 N–H and O–H groups in total. The van der Waals surface area contributed by atoms with E-state index in [9.17, 15) is 0 Å². The molecule has 2 rings (SSSR count). The quantitative estimate of drug-likeness (QED) is 0.731. The number of para-hydroxylation sites is 2. The van der Waals surface area contributed by atoms with Crippen LogP contribution in [0.2, 0.25) is 0 Å². The lowest BCUT2D eigenvalue weighted by Crippen LogP contribution is -2.27. The maximum absolute atomic E-state index is 5.88. The van der Waals surface area contributed by atoms with Gasteiger partial charge in [0.05, 0.1) is 11.4 Å². The summed E-state index contributed by atoms with van der Waals surface area (Å²) in [5, 5.41) is 0. The largest absolute Gasteiger partial charge is 0.488 e. The Morgan fingerprint density at radius 3 is 2.26 bits per heavy atom. The van der Waals surface area contributed by atoms with Gasteiger partial charge in [0.15, 0.2) is 11.5 Å². The van der Waals surface area contributed by atoms with Gasteiger partial charge in [0, 0.05) is 12.6 Å². The van der Waals surface area contributed by atoms with Gasteiger partial charge in [0.25, 0.3) is 0 Å². The fourth-order valence-corrected chi connectivity index (χ4v) is 2.22. The molecule has 0 radical (unpaired) electrons. The number of anilines is 2. The molecule has 23 heavy (non-hydrogen) atoms. The van der Waals surface area contributed by atoms with Gasteiger partial charge in [-0.25, -0.2) is 0 Å². The first-order valence-electron chi connectivity index (χ1n) is 7.91. The minimum Gasteiger partial charge on any atom is -0.488 e. The molecule has 124 valence electrons. The number of hydrogen-bond acceptors (Lipinski definition) is 5. The monoisotopic (exact) mass is 315 g/mol. The Labute approximate surface area is 137 Å². The number of nitrogens with two attached hydrogens (primary N) is 2. The highest BCUT2D eigenvalue weighted by Crippen LogP contribution is 2.32. The number of hydrogen-bond donors (Lipinski definition) is 2. The molecule has 2 aromatic carbocycles. The molecule has 0 bridgehead atoms. The summed E-state index contributed by atoms with van der Waals surface area (Å²) in [7, 11) is 0. The minimum absolute atomic E-state index is 0.502. The van der Waals surface area contributed by atoms with E-state index in [2.05, 4.69) is 18.7 Å². The summed E-state index contributed by atoms with van der Waals surface area (Å²) in [4.78, 5) is 2.31. The Kier molecular flexibility index (Phi) is 6.11. The molecule has 0 aromatic heterocycles. The molecule has 2 aromatic rings. The van der Waals surface area contributed by atoms with Gasteiger partial charge in [-0.05, 0) is 37.4 Å². The van der Waals surface area contributed by atoms with Crippen molar-refractivity contribution in [3.8, 4) is 17.2 Å². The summed E-state index contributed by atoms with van der Waals surface area (Å²) in [6, 6.07) is 12.8. The van der Waals surface area contributed by atoms with Crippen LogP contribution in [0.5, 0.6) is 17.2 Å². The molecule has 0 fully saturated rings. The van der Waals surface area contributed by atoms with Crippen molar-refractivity contribution < 1.29 is 9.47 Å². The van der Waals surface area contributed by atoms with Gasteiger partial charge in [-0.1, -0.05) is 26.0 Å². The molecule has 0 amide bonds. The Bertz CT molecular complexity index is 627. The van der Waals surface area contributed by atoms with E-state index >= 15 is 0 Å². The van der Waals surface area contributed by atoms with Crippen LogP contribution in [-0.4, -0.2) is 31.1 Å². The van der Waals surface area contributed by atoms with E-state index in [1.807, 2.05) is 24.3 Å². The molecule has 0 aliphatic heterocycles. The van der Waals surface area contributed by atoms with E-state index in [1.54, 1.807) is 18.2 Å². The predicted octanol–water partition coefficient (Wildman–Crippen LogP) is 3.36. The fourth-order valence-electron chi connectivity index (χ4n) is 2.22. The standard InChI is InChI=1S/C18H25N3O2/c1-3-21(4-2)11-12-22-17-7-5-6-8-18(17)23-14-9-10-15(19)16(20)13-14/h5-10,13H,3-4,11-12,19-20H2,1-2H3. The number of nitrogens with zero attached hydrogens (tertiary/aromatic N) is 1. The first-order chi connectivity index (χ1) is 11.1. The van der Waals surface area contributed by atoms with Crippen LogP contribution in [0, 0.1) is 0 Å². The lowest BCUT2D eigenvalue weighted by molar-refractivity contribution is 0.218. The third-order valence-corrected chi connectivity index (χ3v) is 3.69. The topological polar surface area (TPSA) is 73.7 Å². The van der Waals surface area contributed by atoms with Gasteiger partial charge < -0.3 is 25.8 Å². The van der Waals surface area contributed by atoms with E-state index in [0.29, 0.717) is 29.5 Å². The van der Waals surface area contributed by atoms with Gasteiger partial charge >= 0.3 is 0 Å². The van der Waals surface area contributed by atoms with Crippen molar-refractivity contribution in [2.45, 2.75) is 13.8 Å². The lowest BCUT2D eigenvalue weighted by atomic mass is 10.2.